The summed E-state index contributed by atoms with van der Waals surface area (Å²) >= 11 is 11.8. The van der Waals surface area contributed by atoms with Crippen molar-refractivity contribution in [2.24, 2.45) is 0 Å². The summed E-state index contributed by atoms with van der Waals surface area (Å²) in [5.41, 5.74) is 1.62. The molecule has 0 atom stereocenters. The maximum absolute atomic E-state index is 12.4. The van der Waals surface area contributed by atoms with Crippen LogP contribution in [0.5, 0.6) is 5.75 Å². The van der Waals surface area contributed by atoms with Crippen LogP contribution < -0.4 is 15.4 Å². The Labute approximate surface area is 195 Å². The van der Waals surface area contributed by atoms with Crippen molar-refractivity contribution in [2.45, 2.75) is 0 Å². The summed E-state index contributed by atoms with van der Waals surface area (Å²) in [6.07, 6.45) is 1.45. The quantitative estimate of drug-likeness (QED) is 0.353. The van der Waals surface area contributed by atoms with Crippen LogP contribution >= 0.6 is 23.2 Å². The first-order valence-electron chi connectivity index (χ1n) is 9.40. The van der Waals surface area contributed by atoms with Crippen molar-refractivity contribution in [1.82, 2.24) is 0 Å². The third kappa shape index (κ3) is 6.88. The summed E-state index contributed by atoms with van der Waals surface area (Å²) in [5.74, 6) is -0.418. The molecule has 6 nitrogen and oxygen atoms in total. The molecule has 0 aliphatic rings. The number of hydrogen-bond acceptors (Lipinski definition) is 4. The summed E-state index contributed by atoms with van der Waals surface area (Å²) < 4.78 is 5.47. The van der Waals surface area contributed by atoms with Crippen LogP contribution in [0.15, 0.2) is 78.4 Å². The summed E-state index contributed by atoms with van der Waals surface area (Å²) in [5, 5.41) is 15.7. The number of ether oxygens (including phenoxy) is 1. The molecule has 0 spiro atoms. The number of benzene rings is 3. The monoisotopic (exact) mass is 465 g/mol. The standard InChI is InChI=1S/C24H17Cl2N3O3/c25-18-3-1-5-20(12-18)28-23(30)15-32-22-9-7-16(8-10-22)11-17(14-27)24(31)29-21-6-2-4-19(26)13-21/h1-13H,15H2,(H,28,30)(H,29,31)/b17-11+. The van der Waals surface area contributed by atoms with Crippen LogP contribution in [0.25, 0.3) is 6.08 Å². The molecule has 0 aromatic heterocycles. The molecule has 3 rings (SSSR count). The Morgan fingerprint density at radius 1 is 0.906 bits per heavy atom. The highest BCUT2D eigenvalue weighted by Crippen LogP contribution is 2.18. The first-order valence-corrected chi connectivity index (χ1v) is 10.2. The van der Waals surface area contributed by atoms with Crippen molar-refractivity contribution in [3.63, 3.8) is 0 Å². The molecule has 0 unspecified atom stereocenters. The fourth-order valence-corrected chi connectivity index (χ4v) is 3.03. The molecule has 8 heteroatoms. The highest BCUT2D eigenvalue weighted by Gasteiger charge is 2.10. The lowest BCUT2D eigenvalue weighted by atomic mass is 10.1. The minimum absolute atomic E-state index is 0.0699. The Morgan fingerprint density at radius 3 is 2.06 bits per heavy atom. The van der Waals surface area contributed by atoms with Crippen LogP contribution in [0.3, 0.4) is 0 Å². The van der Waals surface area contributed by atoms with Gasteiger partial charge in [-0.3, -0.25) is 9.59 Å². The van der Waals surface area contributed by atoms with E-state index >= 15 is 0 Å². The maximum atomic E-state index is 12.4. The van der Waals surface area contributed by atoms with E-state index < -0.39 is 5.91 Å². The number of nitrogens with zero attached hydrogens (tertiary/aromatic N) is 1. The van der Waals surface area contributed by atoms with E-state index in [1.54, 1.807) is 72.8 Å². The third-order valence-corrected chi connectivity index (χ3v) is 4.59. The minimum atomic E-state index is -0.548. The molecule has 2 amide bonds. The Bertz CT molecular complexity index is 1200. The zero-order valence-electron chi connectivity index (χ0n) is 16.6. The third-order valence-electron chi connectivity index (χ3n) is 4.12. The molecule has 3 aromatic rings. The Kier molecular flexibility index (Phi) is 7.87. The highest BCUT2D eigenvalue weighted by molar-refractivity contribution is 6.31. The molecule has 160 valence electrons. The first kappa shape index (κ1) is 22.9. The Morgan fingerprint density at radius 2 is 1.50 bits per heavy atom. The van der Waals surface area contributed by atoms with E-state index in [2.05, 4.69) is 10.6 Å². The van der Waals surface area contributed by atoms with E-state index in [1.807, 2.05) is 6.07 Å². The fourth-order valence-electron chi connectivity index (χ4n) is 2.65. The first-order chi connectivity index (χ1) is 15.4. The highest BCUT2D eigenvalue weighted by atomic mass is 35.5. The van der Waals surface area contributed by atoms with Crippen molar-refractivity contribution in [3.8, 4) is 11.8 Å². The molecular formula is C24H17Cl2N3O3. The van der Waals surface area contributed by atoms with Crippen LogP contribution in [0.2, 0.25) is 10.0 Å². The van der Waals surface area contributed by atoms with Gasteiger partial charge < -0.3 is 15.4 Å². The lowest BCUT2D eigenvalue weighted by Gasteiger charge is -2.08. The van der Waals surface area contributed by atoms with Gasteiger partial charge in [-0.1, -0.05) is 47.5 Å². The van der Waals surface area contributed by atoms with E-state index in [0.717, 1.165) is 0 Å². The molecule has 0 radical (unpaired) electrons. The molecule has 2 N–H and O–H groups in total. The molecule has 0 aliphatic carbocycles. The Balaban J connectivity index is 1.57. The number of carbonyl (C=O) groups is 2. The normalized spacial score (nSPS) is 10.7. The average Bonchev–Trinajstić information content (AvgIpc) is 2.77. The zero-order chi connectivity index (χ0) is 22.9. The predicted molar refractivity (Wildman–Crippen MR) is 126 cm³/mol. The fraction of sp³-hybridized carbons (Fsp3) is 0.0417. The summed E-state index contributed by atoms with van der Waals surface area (Å²) in [4.78, 5) is 24.4. The van der Waals surface area contributed by atoms with E-state index in [-0.39, 0.29) is 18.1 Å². The van der Waals surface area contributed by atoms with Gasteiger partial charge in [0.25, 0.3) is 11.8 Å². The van der Waals surface area contributed by atoms with Crippen LogP contribution in [0.1, 0.15) is 5.56 Å². The number of nitrogens with one attached hydrogen (secondary N) is 2. The van der Waals surface area contributed by atoms with Crippen molar-refractivity contribution in [2.75, 3.05) is 17.2 Å². The number of amides is 2. The van der Waals surface area contributed by atoms with E-state index in [1.165, 1.54) is 6.08 Å². The van der Waals surface area contributed by atoms with Gasteiger partial charge in [-0.05, 0) is 60.2 Å². The van der Waals surface area contributed by atoms with E-state index in [0.29, 0.717) is 32.7 Å². The van der Waals surface area contributed by atoms with Gasteiger partial charge in [-0.2, -0.15) is 5.26 Å². The zero-order valence-corrected chi connectivity index (χ0v) is 18.2. The van der Waals surface area contributed by atoms with Crippen molar-refractivity contribution >= 4 is 52.5 Å². The van der Waals surface area contributed by atoms with Crippen LogP contribution in [0, 0.1) is 11.3 Å². The van der Waals surface area contributed by atoms with Crippen LogP contribution in [-0.4, -0.2) is 18.4 Å². The Hall–Kier alpha value is -3.79. The second-order valence-electron chi connectivity index (χ2n) is 6.55. The van der Waals surface area contributed by atoms with Gasteiger partial charge in [0, 0.05) is 21.4 Å². The van der Waals surface area contributed by atoms with Gasteiger partial charge in [-0.15, -0.1) is 0 Å². The SMILES string of the molecule is N#C/C(=C\c1ccc(OCC(=O)Nc2cccc(Cl)c2)cc1)C(=O)Nc1cccc(Cl)c1. The molecule has 0 fully saturated rings. The molecule has 0 saturated heterocycles. The number of rotatable bonds is 7. The molecule has 0 saturated carbocycles. The molecule has 0 bridgehead atoms. The van der Waals surface area contributed by atoms with Gasteiger partial charge in [-0.25, -0.2) is 0 Å². The van der Waals surface area contributed by atoms with Gasteiger partial charge in [0.1, 0.15) is 17.4 Å². The van der Waals surface area contributed by atoms with Crippen molar-refractivity contribution in [3.05, 3.63) is 94.0 Å². The van der Waals surface area contributed by atoms with Gasteiger partial charge in [0.15, 0.2) is 6.61 Å². The lowest BCUT2D eigenvalue weighted by Crippen LogP contribution is -2.20. The van der Waals surface area contributed by atoms with Crippen molar-refractivity contribution < 1.29 is 14.3 Å². The minimum Gasteiger partial charge on any atom is -0.484 e. The van der Waals surface area contributed by atoms with Gasteiger partial charge in [0.2, 0.25) is 0 Å². The predicted octanol–water partition coefficient (Wildman–Crippen LogP) is 5.56. The second kappa shape index (κ2) is 11.0. The molecule has 3 aromatic carbocycles. The number of nitriles is 1. The number of hydrogen-bond donors (Lipinski definition) is 2. The number of anilines is 2. The smallest absolute Gasteiger partial charge is 0.266 e. The topological polar surface area (TPSA) is 91.2 Å². The number of carbonyl (C=O) groups excluding carboxylic acids is 2. The largest absolute Gasteiger partial charge is 0.484 e. The van der Waals surface area contributed by atoms with Crippen molar-refractivity contribution in [1.29, 1.82) is 5.26 Å². The van der Waals surface area contributed by atoms with Gasteiger partial charge in [0.05, 0.1) is 0 Å². The summed E-state index contributed by atoms with van der Waals surface area (Å²) in [7, 11) is 0. The lowest BCUT2D eigenvalue weighted by molar-refractivity contribution is -0.118. The van der Waals surface area contributed by atoms with Crippen LogP contribution in [0.4, 0.5) is 11.4 Å². The summed E-state index contributed by atoms with van der Waals surface area (Å²) in [6, 6.07) is 22.0. The van der Waals surface area contributed by atoms with E-state index in [4.69, 9.17) is 27.9 Å². The molecule has 32 heavy (non-hydrogen) atoms. The average molecular weight is 466 g/mol. The summed E-state index contributed by atoms with van der Waals surface area (Å²) in [6.45, 7) is -0.187. The van der Waals surface area contributed by atoms with Gasteiger partial charge >= 0.3 is 0 Å². The molecular weight excluding hydrogens is 449 g/mol. The van der Waals surface area contributed by atoms with Crippen LogP contribution in [-0.2, 0) is 9.59 Å². The maximum Gasteiger partial charge on any atom is 0.266 e. The second-order valence-corrected chi connectivity index (χ2v) is 7.42. The number of halogens is 2. The van der Waals surface area contributed by atoms with E-state index in [9.17, 15) is 14.9 Å². The molecule has 0 heterocycles. The molecule has 0 aliphatic heterocycles.